The zero-order valence-electron chi connectivity index (χ0n) is 54.2. The monoisotopic (exact) mass is 1540 g/mol. The molecule has 0 aliphatic rings. The molecular formula is C58H104O24Zr4. The number of hydrogen-bond donors (Lipinski definition) is 0. The molecule has 0 fully saturated rings. The van der Waals surface area contributed by atoms with Gasteiger partial charge in [-0.3, -0.25) is 58.1 Å². The summed E-state index contributed by atoms with van der Waals surface area (Å²) < 4.78 is 0. The van der Waals surface area contributed by atoms with Crippen LogP contribution in [0.15, 0.2) is 0 Å². The van der Waals surface area contributed by atoms with E-state index in [0.717, 1.165) is 89.9 Å². The fourth-order valence-electron chi connectivity index (χ4n) is 4.76. The summed E-state index contributed by atoms with van der Waals surface area (Å²) in [6, 6.07) is 0. The Morgan fingerprint density at radius 2 is 0.442 bits per heavy atom. The largest absolute Gasteiger partial charge is 0.349 e. The Balaban J connectivity index is -0.0000000998. The Hall–Kier alpha value is -1.87. The predicted molar refractivity (Wildman–Crippen MR) is 300 cm³/mol. The minimum atomic E-state index is -0.608. The van der Waals surface area contributed by atoms with Crippen molar-refractivity contribution in [2.45, 2.75) is 276 Å². The summed E-state index contributed by atoms with van der Waals surface area (Å²) >= 11 is 0. The Morgan fingerprint density at radius 3 is 0.605 bits per heavy atom. The van der Waals surface area contributed by atoms with Gasteiger partial charge in [-0.2, -0.15) is 29.3 Å². The van der Waals surface area contributed by atoms with E-state index in [4.69, 9.17) is 9.78 Å². The van der Waals surface area contributed by atoms with Gasteiger partial charge in [0.25, 0.3) is 0 Å². The van der Waals surface area contributed by atoms with Gasteiger partial charge in [-0.25, -0.2) is 28.8 Å². The van der Waals surface area contributed by atoms with Gasteiger partial charge in [0.05, 0.1) is 26.4 Å². The fraction of sp³-hybridized carbons (Fsp3) is 0.793. The second-order valence-electron chi connectivity index (χ2n) is 18.1. The third-order valence-electron chi connectivity index (χ3n) is 9.33. The zero-order valence-corrected chi connectivity index (χ0v) is 64.0. The molecule has 24 nitrogen and oxygen atoms in total. The van der Waals surface area contributed by atoms with Crippen LogP contribution in [-0.2, 0) is 221 Å². The normalized spacial score (nSPS) is 10.1. The van der Waals surface area contributed by atoms with E-state index in [1.54, 1.807) is 13.8 Å². The van der Waals surface area contributed by atoms with E-state index in [1.807, 2.05) is 83.1 Å². The standard InChI is InChI=1S/4C10H18O4.2C9H16O4.4Zr/c2*1-4-6-9(11)7-10(12)14-13-8(3)5-2;2*1-3-5-7-13-14-10(12)8-9(11)6-4-2;2*1-3-5-8(10)7-9(11)13-12-6-4-2;;;;/h2*8H,4-7H2,1-3H3;2*3-8H2,1-2H3;2*3-7H2,1-2H3;;;;. The molecule has 496 valence electrons. The number of hydrogen-bond acceptors (Lipinski definition) is 24. The predicted octanol–water partition coefficient (Wildman–Crippen LogP) is 11.3. The minimum Gasteiger partial charge on any atom is -0.299 e. The molecule has 0 N–H and O–H groups in total. The molecule has 0 aromatic carbocycles. The molecule has 0 aliphatic carbocycles. The maximum Gasteiger partial charge on any atom is 0.349 e. The molecular weight excluding hydrogens is 1450 g/mol. The van der Waals surface area contributed by atoms with Crippen molar-refractivity contribution in [2.24, 2.45) is 0 Å². The van der Waals surface area contributed by atoms with E-state index in [-0.39, 0.29) is 190 Å². The molecule has 0 amide bonds. The third kappa shape index (κ3) is 93.3. The summed E-state index contributed by atoms with van der Waals surface area (Å²) in [5.74, 6) is -4.24. The summed E-state index contributed by atoms with van der Waals surface area (Å²) in [7, 11) is 0. The van der Waals surface area contributed by atoms with Crippen LogP contribution in [0.1, 0.15) is 264 Å². The van der Waals surface area contributed by atoms with E-state index in [9.17, 15) is 57.5 Å². The van der Waals surface area contributed by atoms with Gasteiger partial charge in [0.1, 0.15) is 85.4 Å². The van der Waals surface area contributed by atoms with Crippen LogP contribution in [0.2, 0.25) is 0 Å². The molecule has 0 spiro atoms. The van der Waals surface area contributed by atoms with Gasteiger partial charge in [-0.1, -0.05) is 95.9 Å². The summed E-state index contributed by atoms with van der Waals surface area (Å²) in [5, 5.41) is 0. The average molecular weight is 1550 g/mol. The summed E-state index contributed by atoms with van der Waals surface area (Å²) in [5.41, 5.74) is 0. The van der Waals surface area contributed by atoms with Crippen LogP contribution < -0.4 is 0 Å². The quantitative estimate of drug-likeness (QED) is 0.0237. The van der Waals surface area contributed by atoms with E-state index < -0.39 is 35.8 Å². The molecule has 0 radical (unpaired) electrons. The van der Waals surface area contributed by atoms with Gasteiger partial charge in [-0.15, -0.1) is 0 Å². The molecule has 2 unspecified atom stereocenters. The zero-order chi connectivity index (χ0) is 63.8. The van der Waals surface area contributed by atoms with E-state index in [1.165, 1.54) is 0 Å². The van der Waals surface area contributed by atoms with Gasteiger partial charge in [0, 0.05) is 143 Å². The SMILES string of the molecule is CCCC(=O)CC(=O)OOC(C)CC.CCCC(=O)CC(=O)OOC(C)CC.CCCCOOC(=O)CC(=O)CCC.CCCCOOC(=O)CC(=O)CCC.CCCOOC(=O)CC(=O)CCC.CCCOOC(=O)CC(=O)CCC.[Zr].[Zr].[Zr].[Zr]. The molecule has 0 rings (SSSR count). The number of Topliss-reactive ketones (excluding diaryl/α,β-unsaturated/α-hetero) is 6. The number of carbonyl (C=O) groups excluding carboxylic acids is 12. The van der Waals surface area contributed by atoms with E-state index in [0.29, 0.717) is 65.0 Å². The topological polar surface area (TPSA) is 316 Å². The second-order valence-corrected chi connectivity index (χ2v) is 18.1. The molecule has 2 atom stereocenters. The molecule has 0 aromatic rings. The van der Waals surface area contributed by atoms with Gasteiger partial charge in [0.2, 0.25) is 0 Å². The molecule has 0 aliphatic heterocycles. The smallest absolute Gasteiger partial charge is 0.299 e. The van der Waals surface area contributed by atoms with Crippen molar-refractivity contribution in [1.82, 2.24) is 0 Å². The molecule has 0 bridgehead atoms. The van der Waals surface area contributed by atoms with Crippen molar-refractivity contribution in [3.05, 3.63) is 0 Å². The van der Waals surface area contributed by atoms with Crippen molar-refractivity contribution in [3.8, 4) is 0 Å². The number of carbonyl (C=O) groups is 12. The van der Waals surface area contributed by atoms with E-state index in [2.05, 4.69) is 48.9 Å². The number of ketones is 6. The van der Waals surface area contributed by atoms with Crippen LogP contribution in [0.4, 0.5) is 0 Å². The first-order chi connectivity index (χ1) is 39.0. The van der Waals surface area contributed by atoms with Crippen molar-refractivity contribution >= 4 is 70.5 Å². The summed E-state index contributed by atoms with van der Waals surface area (Å²) in [6.07, 6.45) is 12.4. The molecule has 0 saturated heterocycles. The van der Waals surface area contributed by atoms with Gasteiger partial charge in [0.15, 0.2) is 0 Å². The second kappa shape index (κ2) is 83.1. The maximum absolute atomic E-state index is 11.0. The molecule has 28 heteroatoms. The van der Waals surface area contributed by atoms with Gasteiger partial charge in [-0.05, 0) is 90.9 Å². The van der Waals surface area contributed by atoms with Crippen molar-refractivity contribution in [1.29, 1.82) is 0 Å². The number of unbranched alkanes of at least 4 members (excludes halogenated alkanes) is 2. The molecule has 0 aromatic heterocycles. The van der Waals surface area contributed by atoms with Crippen LogP contribution in [0.5, 0.6) is 0 Å². The maximum atomic E-state index is 11.0. The van der Waals surface area contributed by atoms with E-state index >= 15 is 0 Å². The molecule has 0 saturated carbocycles. The first-order valence-corrected chi connectivity index (χ1v) is 29.1. The van der Waals surface area contributed by atoms with Crippen molar-refractivity contribution < 1.29 is 221 Å². The summed E-state index contributed by atoms with van der Waals surface area (Å²) in [4.78, 5) is 185. The van der Waals surface area contributed by atoms with Gasteiger partial charge < -0.3 is 0 Å². The Kier molecular flexibility index (Phi) is 102. The average Bonchev–Trinajstić information content (AvgIpc) is 3.41. The fourth-order valence-corrected chi connectivity index (χ4v) is 4.76. The first-order valence-electron chi connectivity index (χ1n) is 29.1. The minimum absolute atomic E-state index is 0. The van der Waals surface area contributed by atoms with Crippen molar-refractivity contribution in [2.75, 3.05) is 26.4 Å². The van der Waals surface area contributed by atoms with Crippen molar-refractivity contribution in [3.63, 3.8) is 0 Å². The van der Waals surface area contributed by atoms with Crippen LogP contribution in [0.25, 0.3) is 0 Å². The third-order valence-corrected chi connectivity index (χ3v) is 9.33. The first kappa shape index (κ1) is 106. The summed E-state index contributed by atoms with van der Waals surface area (Å²) in [6.45, 7) is 28.1. The van der Waals surface area contributed by atoms with Gasteiger partial charge >= 0.3 is 35.8 Å². The van der Waals surface area contributed by atoms with Crippen LogP contribution in [-0.4, -0.2) is 109 Å². The van der Waals surface area contributed by atoms with Crippen LogP contribution in [0, 0.1) is 0 Å². The number of rotatable bonds is 44. The molecule has 0 heterocycles. The van der Waals surface area contributed by atoms with Crippen LogP contribution in [0.3, 0.4) is 0 Å². The molecule has 86 heavy (non-hydrogen) atoms. The Morgan fingerprint density at radius 1 is 0.256 bits per heavy atom. The Bertz CT molecular complexity index is 1580. The van der Waals surface area contributed by atoms with Crippen LogP contribution >= 0.6 is 0 Å². The Labute approximate surface area is 588 Å².